The molecule has 0 fully saturated rings. The second-order valence-corrected chi connectivity index (χ2v) is 9.29. The number of ether oxygens (including phenoxy) is 2. The van der Waals surface area contributed by atoms with Crippen molar-refractivity contribution < 1.29 is 23.9 Å². The molecule has 2 aromatic carbocycles. The Balaban J connectivity index is 1.52. The summed E-state index contributed by atoms with van der Waals surface area (Å²) in [5.41, 5.74) is 8.47. The van der Waals surface area contributed by atoms with Gasteiger partial charge in [0.25, 0.3) is 5.91 Å². The smallest absolute Gasteiger partial charge is 0.407 e. The van der Waals surface area contributed by atoms with E-state index in [-0.39, 0.29) is 24.7 Å². The van der Waals surface area contributed by atoms with Gasteiger partial charge in [0.15, 0.2) is 0 Å². The van der Waals surface area contributed by atoms with Gasteiger partial charge >= 0.3 is 6.09 Å². The summed E-state index contributed by atoms with van der Waals surface area (Å²) in [6.45, 7) is 4.87. The number of nitrogens with zero attached hydrogens (tertiary/aromatic N) is 4. The van der Waals surface area contributed by atoms with Crippen molar-refractivity contribution in [1.29, 1.82) is 0 Å². The largest absolute Gasteiger partial charge is 0.494 e. The van der Waals surface area contributed by atoms with Crippen LogP contribution in [0.2, 0.25) is 5.02 Å². The maximum absolute atomic E-state index is 13.2. The number of rotatable bonds is 11. The number of alkyl carbamates (subject to hydrolysis) is 1. The number of halogens is 1. The van der Waals surface area contributed by atoms with Crippen LogP contribution in [0, 0.1) is 6.92 Å². The van der Waals surface area contributed by atoms with Crippen LogP contribution in [0.3, 0.4) is 0 Å². The molecule has 0 aliphatic carbocycles. The van der Waals surface area contributed by atoms with Crippen LogP contribution in [0.25, 0.3) is 11.0 Å². The Morgan fingerprint density at radius 3 is 2.62 bits per heavy atom. The number of carbonyl (C=O) groups is 3. The zero-order valence-corrected chi connectivity index (χ0v) is 23.1. The van der Waals surface area contributed by atoms with E-state index in [2.05, 4.69) is 20.7 Å². The van der Waals surface area contributed by atoms with Gasteiger partial charge < -0.3 is 25.1 Å². The van der Waals surface area contributed by atoms with Gasteiger partial charge in [-0.25, -0.2) is 9.78 Å². The van der Waals surface area contributed by atoms with E-state index in [1.165, 1.54) is 19.2 Å². The molecule has 0 bridgehead atoms. The number of hydrogen-bond donors (Lipinski definition) is 3. The van der Waals surface area contributed by atoms with Gasteiger partial charge in [0.05, 0.1) is 18.3 Å². The third kappa shape index (κ3) is 6.34. The van der Waals surface area contributed by atoms with E-state index in [4.69, 9.17) is 26.8 Å². The lowest BCUT2D eigenvalue weighted by atomic mass is 10.1. The van der Waals surface area contributed by atoms with Gasteiger partial charge in [-0.15, -0.1) is 0 Å². The maximum atomic E-state index is 13.2. The van der Waals surface area contributed by atoms with Crippen molar-refractivity contribution >= 4 is 46.5 Å². The Kier molecular flexibility index (Phi) is 8.90. The van der Waals surface area contributed by atoms with Crippen molar-refractivity contribution in [3.05, 3.63) is 70.0 Å². The Labute approximate surface area is 235 Å². The van der Waals surface area contributed by atoms with Gasteiger partial charge in [0.2, 0.25) is 11.9 Å². The van der Waals surface area contributed by atoms with Crippen LogP contribution in [0.15, 0.2) is 42.5 Å². The van der Waals surface area contributed by atoms with Crippen LogP contribution >= 0.6 is 11.6 Å². The minimum atomic E-state index is -0.637. The summed E-state index contributed by atoms with van der Waals surface area (Å²) in [5, 5.41) is 10.4. The second-order valence-electron chi connectivity index (χ2n) is 8.89. The molecule has 12 nitrogen and oxygen atoms in total. The molecular weight excluding hydrogens is 538 g/mol. The van der Waals surface area contributed by atoms with Crippen molar-refractivity contribution in [3.63, 3.8) is 0 Å². The predicted octanol–water partition coefficient (Wildman–Crippen LogP) is 3.89. The van der Waals surface area contributed by atoms with Crippen molar-refractivity contribution in [2.45, 2.75) is 40.0 Å². The first-order valence-corrected chi connectivity index (χ1v) is 13.0. The number of aryl methyl sites for hydroxylation is 3. The summed E-state index contributed by atoms with van der Waals surface area (Å²) in [4.78, 5) is 41.8. The Hall–Kier alpha value is -4.58. The maximum Gasteiger partial charge on any atom is 0.407 e. The number of nitrogens with one attached hydrogen (secondary N) is 2. The van der Waals surface area contributed by atoms with Crippen LogP contribution in [-0.2, 0) is 24.4 Å². The van der Waals surface area contributed by atoms with E-state index in [1.54, 1.807) is 40.4 Å². The van der Waals surface area contributed by atoms with Crippen molar-refractivity contribution in [2.24, 2.45) is 5.73 Å². The summed E-state index contributed by atoms with van der Waals surface area (Å²) in [6, 6.07) is 11.9. The average molecular weight is 568 g/mol. The first-order chi connectivity index (χ1) is 19.2. The fourth-order valence-corrected chi connectivity index (χ4v) is 4.40. The zero-order valence-electron chi connectivity index (χ0n) is 22.4. The molecule has 0 aliphatic heterocycles. The summed E-state index contributed by atoms with van der Waals surface area (Å²) in [5.74, 6) is -0.430. The van der Waals surface area contributed by atoms with Crippen LogP contribution < -0.4 is 21.1 Å². The van der Waals surface area contributed by atoms with E-state index >= 15 is 0 Å². The minimum Gasteiger partial charge on any atom is -0.494 e. The fourth-order valence-electron chi connectivity index (χ4n) is 4.21. The molecule has 0 saturated carbocycles. The quantitative estimate of drug-likeness (QED) is 0.232. The molecule has 0 saturated heterocycles. The highest BCUT2D eigenvalue weighted by molar-refractivity contribution is 6.31. The number of hydrogen-bond acceptors (Lipinski definition) is 7. The second kappa shape index (κ2) is 12.5. The number of fused-ring (bicyclic) bond motifs is 1. The fraction of sp³-hybridized carbons (Fsp3) is 0.296. The molecule has 0 spiro atoms. The first-order valence-electron chi connectivity index (χ1n) is 12.6. The van der Waals surface area contributed by atoms with E-state index < -0.39 is 17.9 Å². The molecule has 0 atom stereocenters. The van der Waals surface area contributed by atoms with Crippen LogP contribution in [0.1, 0.15) is 45.4 Å². The van der Waals surface area contributed by atoms with E-state index in [1.807, 2.05) is 13.0 Å². The number of imidazole rings is 1. The van der Waals surface area contributed by atoms with Gasteiger partial charge in [0, 0.05) is 35.8 Å². The summed E-state index contributed by atoms with van der Waals surface area (Å²) >= 11 is 6.11. The van der Waals surface area contributed by atoms with Gasteiger partial charge in [-0.1, -0.05) is 29.8 Å². The Morgan fingerprint density at radius 1 is 1.15 bits per heavy atom. The number of amides is 3. The third-order valence-electron chi connectivity index (χ3n) is 6.12. The average Bonchev–Trinajstić information content (AvgIpc) is 3.49. The lowest BCUT2D eigenvalue weighted by Gasteiger charge is -2.13. The number of anilines is 1. The normalized spacial score (nSPS) is 10.9. The van der Waals surface area contributed by atoms with Crippen LogP contribution in [0.5, 0.6) is 5.75 Å². The van der Waals surface area contributed by atoms with Crippen molar-refractivity contribution in [2.75, 3.05) is 19.0 Å². The number of carbonyl (C=O) groups excluding carboxylic acids is 3. The molecule has 13 heteroatoms. The van der Waals surface area contributed by atoms with E-state index in [0.717, 1.165) is 0 Å². The molecule has 40 heavy (non-hydrogen) atoms. The molecule has 210 valence electrons. The molecule has 0 unspecified atom stereocenters. The SMILES string of the molecule is CCn1nc(C)cc1C(=O)Nc1nc2cc(C(N)=O)cc(OC)c2n1CCCNC(=O)OCc1ccccc1Cl. The molecule has 2 heterocycles. The predicted molar refractivity (Wildman–Crippen MR) is 150 cm³/mol. The number of aromatic nitrogens is 4. The summed E-state index contributed by atoms with van der Waals surface area (Å²) in [6.07, 6.45) is -0.127. The van der Waals surface area contributed by atoms with E-state index in [9.17, 15) is 14.4 Å². The highest BCUT2D eigenvalue weighted by Gasteiger charge is 2.21. The zero-order chi connectivity index (χ0) is 28.8. The molecule has 0 aliphatic rings. The summed E-state index contributed by atoms with van der Waals surface area (Å²) in [7, 11) is 1.47. The lowest BCUT2D eigenvalue weighted by Crippen LogP contribution is -2.26. The number of primary amides is 1. The summed E-state index contributed by atoms with van der Waals surface area (Å²) < 4.78 is 14.1. The van der Waals surface area contributed by atoms with Gasteiger partial charge in [-0.05, 0) is 44.5 Å². The van der Waals surface area contributed by atoms with Gasteiger partial charge in [-0.2, -0.15) is 5.10 Å². The van der Waals surface area contributed by atoms with Gasteiger partial charge in [0.1, 0.15) is 23.6 Å². The third-order valence-corrected chi connectivity index (χ3v) is 6.48. The molecule has 3 amide bonds. The van der Waals surface area contributed by atoms with Crippen LogP contribution in [0.4, 0.5) is 10.7 Å². The van der Waals surface area contributed by atoms with E-state index in [0.29, 0.717) is 58.3 Å². The Morgan fingerprint density at radius 2 is 1.93 bits per heavy atom. The number of nitrogens with two attached hydrogens (primary N) is 1. The van der Waals surface area contributed by atoms with Crippen molar-refractivity contribution in [1.82, 2.24) is 24.6 Å². The molecular formula is C27H30ClN7O5. The van der Waals surface area contributed by atoms with Crippen molar-refractivity contribution in [3.8, 4) is 5.75 Å². The molecule has 4 rings (SSSR count). The lowest BCUT2D eigenvalue weighted by molar-refractivity contribution is 0.0995. The van der Waals surface area contributed by atoms with Gasteiger partial charge in [-0.3, -0.25) is 19.6 Å². The highest BCUT2D eigenvalue weighted by Crippen LogP contribution is 2.31. The standard InChI is InChI=1S/C27H30ClN7O5/c1-4-35-21(12-16(2)33-35)25(37)32-26-31-20-13-18(24(29)36)14-22(39-3)23(20)34(26)11-7-10-30-27(38)40-15-17-8-5-6-9-19(17)28/h5-6,8-9,12-14H,4,7,10-11,15H2,1-3H3,(H2,29,36)(H,30,38)(H,31,32,37). The molecule has 4 aromatic rings. The molecule has 0 radical (unpaired) electrons. The number of methoxy groups -OCH3 is 1. The molecule has 4 N–H and O–H groups in total. The molecule has 2 aromatic heterocycles. The topological polar surface area (TPSA) is 155 Å². The Bertz CT molecular complexity index is 1560. The first kappa shape index (κ1) is 28.4. The van der Waals surface area contributed by atoms with Crippen LogP contribution in [-0.4, -0.2) is 50.9 Å². The minimum absolute atomic E-state index is 0.0427. The monoisotopic (exact) mass is 567 g/mol. The number of benzene rings is 2. The highest BCUT2D eigenvalue weighted by atomic mass is 35.5.